The van der Waals surface area contributed by atoms with Gasteiger partial charge in [-0.05, 0) is 6.42 Å². The number of hydrogen-bond donors (Lipinski definition) is 3. The molecule has 5 nitrogen and oxygen atoms in total. The van der Waals surface area contributed by atoms with E-state index in [2.05, 4.69) is 11.3 Å². The maximum Gasteiger partial charge on any atom is 0.330 e. The Kier molecular flexibility index (Phi) is 6.11. The molecule has 0 saturated heterocycles. The standard InChI is InChI=1S/C9H16O5/c1-2-8(13)14-4-3-9(5-10,6-11)7-12/h2,10-12H,1,3-7H2. The molecule has 5 heteroatoms. The molecule has 0 amide bonds. The topological polar surface area (TPSA) is 87.0 Å². The van der Waals surface area contributed by atoms with Crippen LogP contribution in [0.25, 0.3) is 0 Å². The number of aliphatic hydroxyl groups is 3. The Hall–Kier alpha value is -0.910. The van der Waals surface area contributed by atoms with Crippen molar-refractivity contribution >= 4 is 5.97 Å². The first-order chi connectivity index (χ1) is 6.64. The van der Waals surface area contributed by atoms with Gasteiger partial charge in [0.15, 0.2) is 0 Å². The summed E-state index contributed by atoms with van der Waals surface area (Å²) in [5.74, 6) is -0.562. The van der Waals surface area contributed by atoms with E-state index in [-0.39, 0.29) is 32.8 Å². The monoisotopic (exact) mass is 204 g/mol. The molecule has 0 heterocycles. The van der Waals surface area contributed by atoms with Crippen molar-refractivity contribution in [2.75, 3.05) is 26.4 Å². The summed E-state index contributed by atoms with van der Waals surface area (Å²) in [5, 5.41) is 26.8. The zero-order valence-corrected chi connectivity index (χ0v) is 7.98. The smallest absolute Gasteiger partial charge is 0.330 e. The van der Waals surface area contributed by atoms with Crippen LogP contribution >= 0.6 is 0 Å². The van der Waals surface area contributed by atoms with Gasteiger partial charge in [-0.15, -0.1) is 0 Å². The molecule has 0 aromatic rings. The van der Waals surface area contributed by atoms with Gasteiger partial charge in [0.2, 0.25) is 0 Å². The molecule has 82 valence electrons. The Balaban J connectivity index is 3.94. The molecular formula is C9H16O5. The van der Waals surface area contributed by atoms with Gasteiger partial charge in [0.05, 0.1) is 26.4 Å². The van der Waals surface area contributed by atoms with Gasteiger partial charge in [0, 0.05) is 11.5 Å². The van der Waals surface area contributed by atoms with Gasteiger partial charge >= 0.3 is 5.97 Å². The second-order valence-corrected chi connectivity index (χ2v) is 3.10. The zero-order valence-electron chi connectivity index (χ0n) is 7.98. The fourth-order valence-corrected chi connectivity index (χ4v) is 0.814. The molecule has 0 unspecified atom stereocenters. The van der Waals surface area contributed by atoms with Crippen LogP contribution in [0, 0.1) is 5.41 Å². The zero-order chi connectivity index (χ0) is 11.0. The van der Waals surface area contributed by atoms with Crippen LogP contribution in [0.3, 0.4) is 0 Å². The van der Waals surface area contributed by atoms with Crippen molar-refractivity contribution in [2.45, 2.75) is 6.42 Å². The van der Waals surface area contributed by atoms with E-state index < -0.39 is 11.4 Å². The van der Waals surface area contributed by atoms with E-state index in [9.17, 15) is 4.79 Å². The van der Waals surface area contributed by atoms with E-state index in [4.69, 9.17) is 15.3 Å². The van der Waals surface area contributed by atoms with E-state index in [0.717, 1.165) is 6.08 Å². The lowest BCUT2D eigenvalue weighted by atomic mass is 9.88. The van der Waals surface area contributed by atoms with Crippen molar-refractivity contribution in [1.29, 1.82) is 0 Å². The van der Waals surface area contributed by atoms with E-state index in [1.807, 2.05) is 0 Å². The van der Waals surface area contributed by atoms with Crippen LogP contribution in [0.2, 0.25) is 0 Å². The molecule has 0 aliphatic rings. The molecule has 0 aromatic heterocycles. The summed E-state index contributed by atoms with van der Waals surface area (Å²) in [7, 11) is 0. The van der Waals surface area contributed by atoms with Gasteiger partial charge in [-0.1, -0.05) is 6.58 Å². The van der Waals surface area contributed by atoms with Crippen molar-refractivity contribution in [2.24, 2.45) is 5.41 Å². The molecule has 0 saturated carbocycles. The fraction of sp³-hybridized carbons (Fsp3) is 0.667. The van der Waals surface area contributed by atoms with Crippen molar-refractivity contribution in [1.82, 2.24) is 0 Å². The molecule has 0 aromatic carbocycles. The minimum Gasteiger partial charge on any atom is -0.463 e. The number of rotatable bonds is 7. The number of aliphatic hydroxyl groups excluding tert-OH is 3. The van der Waals surface area contributed by atoms with Gasteiger partial charge in [0.1, 0.15) is 0 Å². The number of ether oxygens (including phenoxy) is 1. The van der Waals surface area contributed by atoms with Crippen molar-refractivity contribution in [3.63, 3.8) is 0 Å². The van der Waals surface area contributed by atoms with Gasteiger partial charge in [-0.2, -0.15) is 0 Å². The van der Waals surface area contributed by atoms with Crippen molar-refractivity contribution in [3.05, 3.63) is 12.7 Å². The first-order valence-electron chi connectivity index (χ1n) is 4.26. The SMILES string of the molecule is C=CC(=O)OCCC(CO)(CO)CO. The number of esters is 1. The summed E-state index contributed by atoms with van der Waals surface area (Å²) in [6, 6.07) is 0. The maximum atomic E-state index is 10.6. The Bertz CT molecular complexity index is 177. The lowest BCUT2D eigenvalue weighted by Crippen LogP contribution is -2.35. The third kappa shape index (κ3) is 3.87. The Morgan fingerprint density at radius 2 is 1.79 bits per heavy atom. The Labute approximate surface area is 82.6 Å². The molecule has 0 radical (unpaired) electrons. The highest BCUT2D eigenvalue weighted by Gasteiger charge is 2.28. The fourth-order valence-electron chi connectivity index (χ4n) is 0.814. The average Bonchev–Trinajstić information content (AvgIpc) is 2.25. The molecule has 0 aliphatic heterocycles. The van der Waals surface area contributed by atoms with E-state index in [0.29, 0.717) is 0 Å². The molecule has 0 spiro atoms. The van der Waals surface area contributed by atoms with Crippen molar-refractivity contribution in [3.8, 4) is 0 Å². The van der Waals surface area contributed by atoms with Gasteiger partial charge in [-0.3, -0.25) is 0 Å². The highest BCUT2D eigenvalue weighted by Crippen LogP contribution is 2.19. The first kappa shape index (κ1) is 13.1. The highest BCUT2D eigenvalue weighted by atomic mass is 16.5. The summed E-state index contributed by atoms with van der Waals surface area (Å²) in [4.78, 5) is 10.6. The predicted molar refractivity (Wildman–Crippen MR) is 49.5 cm³/mol. The number of carbonyl (C=O) groups is 1. The van der Waals surface area contributed by atoms with Crippen LogP contribution in [0.1, 0.15) is 6.42 Å². The molecule has 0 bridgehead atoms. The third-order valence-electron chi connectivity index (χ3n) is 2.05. The van der Waals surface area contributed by atoms with Gasteiger partial charge in [0.25, 0.3) is 0 Å². The summed E-state index contributed by atoms with van der Waals surface area (Å²) in [6.45, 7) is 2.18. The quantitative estimate of drug-likeness (QED) is 0.368. The predicted octanol–water partition coefficient (Wildman–Crippen LogP) is -0.931. The third-order valence-corrected chi connectivity index (χ3v) is 2.05. The largest absolute Gasteiger partial charge is 0.463 e. The van der Waals surface area contributed by atoms with Gasteiger partial charge < -0.3 is 20.1 Å². The minimum absolute atomic E-state index is 0.0343. The molecular weight excluding hydrogens is 188 g/mol. The van der Waals surface area contributed by atoms with Crippen molar-refractivity contribution < 1.29 is 24.9 Å². The summed E-state index contributed by atoms with van der Waals surface area (Å²) in [5.41, 5.74) is -0.985. The lowest BCUT2D eigenvalue weighted by molar-refractivity contribution is -0.139. The highest BCUT2D eigenvalue weighted by molar-refractivity contribution is 5.81. The Morgan fingerprint density at radius 1 is 1.29 bits per heavy atom. The lowest BCUT2D eigenvalue weighted by Gasteiger charge is -2.26. The molecule has 0 aliphatic carbocycles. The molecule has 14 heavy (non-hydrogen) atoms. The summed E-state index contributed by atoms with van der Waals surface area (Å²) >= 11 is 0. The average molecular weight is 204 g/mol. The van der Waals surface area contributed by atoms with Gasteiger partial charge in [-0.25, -0.2) is 4.79 Å². The van der Waals surface area contributed by atoms with Crippen LogP contribution in [0.4, 0.5) is 0 Å². The minimum atomic E-state index is -0.985. The van der Waals surface area contributed by atoms with Crippen LogP contribution in [-0.2, 0) is 9.53 Å². The van der Waals surface area contributed by atoms with Crippen LogP contribution < -0.4 is 0 Å². The molecule has 0 rings (SSSR count). The molecule has 3 N–H and O–H groups in total. The normalized spacial score (nSPS) is 11.1. The van der Waals surface area contributed by atoms with Crippen LogP contribution in [-0.4, -0.2) is 47.7 Å². The Morgan fingerprint density at radius 3 is 2.14 bits per heavy atom. The van der Waals surface area contributed by atoms with Crippen LogP contribution in [0.5, 0.6) is 0 Å². The second-order valence-electron chi connectivity index (χ2n) is 3.10. The summed E-state index contributed by atoms with van der Waals surface area (Å²) < 4.78 is 4.66. The van der Waals surface area contributed by atoms with E-state index >= 15 is 0 Å². The molecule has 0 atom stereocenters. The maximum absolute atomic E-state index is 10.6. The van der Waals surface area contributed by atoms with Crippen LogP contribution in [0.15, 0.2) is 12.7 Å². The molecule has 0 fully saturated rings. The summed E-state index contributed by atoms with van der Waals surface area (Å²) in [6.07, 6.45) is 1.23. The van der Waals surface area contributed by atoms with E-state index in [1.165, 1.54) is 0 Å². The van der Waals surface area contributed by atoms with E-state index in [1.54, 1.807) is 0 Å². The second kappa shape index (κ2) is 6.53. The number of hydrogen-bond acceptors (Lipinski definition) is 5. The number of carbonyl (C=O) groups excluding carboxylic acids is 1. The first-order valence-corrected chi connectivity index (χ1v) is 4.26.